The third kappa shape index (κ3) is 3.25. The van der Waals surface area contributed by atoms with Crippen LogP contribution < -0.4 is 15.4 Å². The van der Waals surface area contributed by atoms with E-state index >= 15 is 0 Å². The summed E-state index contributed by atoms with van der Waals surface area (Å²) < 4.78 is 10.1. The number of hydrogen-bond donors (Lipinski definition) is 4. The van der Waals surface area contributed by atoms with Gasteiger partial charge in [-0.05, 0) is 48.5 Å². The molecule has 1 aliphatic rings. The monoisotopic (exact) mass is 429 g/mol. The van der Waals surface area contributed by atoms with Crippen molar-refractivity contribution in [3.8, 4) is 5.75 Å². The molecule has 0 bridgehead atoms. The van der Waals surface area contributed by atoms with Gasteiger partial charge in [0.25, 0.3) is 5.91 Å². The van der Waals surface area contributed by atoms with E-state index < -0.39 is 5.97 Å². The molecule has 4 N–H and O–H groups in total. The van der Waals surface area contributed by atoms with Gasteiger partial charge in [0, 0.05) is 17.4 Å². The highest BCUT2D eigenvalue weighted by Crippen LogP contribution is 2.39. The van der Waals surface area contributed by atoms with E-state index in [-0.39, 0.29) is 5.91 Å². The van der Waals surface area contributed by atoms with Crippen LogP contribution in [0.3, 0.4) is 0 Å². The molecule has 1 amide bonds. The molecule has 32 heavy (non-hydrogen) atoms. The highest BCUT2D eigenvalue weighted by Gasteiger charge is 2.28. The van der Waals surface area contributed by atoms with Crippen molar-refractivity contribution >= 4 is 51.9 Å². The smallest absolute Gasteiger partial charge is 0.337 e. The number of anilines is 3. The van der Waals surface area contributed by atoms with E-state index in [0.717, 1.165) is 16.8 Å². The predicted octanol–water partition coefficient (Wildman–Crippen LogP) is 3.92. The zero-order valence-corrected chi connectivity index (χ0v) is 17.3. The molecule has 0 radical (unpaired) electrons. The van der Waals surface area contributed by atoms with Crippen molar-refractivity contribution in [2.75, 3.05) is 24.9 Å². The van der Waals surface area contributed by atoms with E-state index in [1.165, 1.54) is 7.11 Å². The Bertz CT molecular complexity index is 1380. The van der Waals surface area contributed by atoms with Gasteiger partial charge in [0.15, 0.2) is 0 Å². The minimum Gasteiger partial charge on any atom is -0.495 e. The van der Waals surface area contributed by atoms with E-state index in [0.29, 0.717) is 39.7 Å². The first-order valence-corrected chi connectivity index (χ1v) is 9.80. The first-order chi connectivity index (χ1) is 15.6. The molecule has 2 aromatic carbocycles. The predicted molar refractivity (Wildman–Crippen MR) is 121 cm³/mol. The maximum absolute atomic E-state index is 12.7. The summed E-state index contributed by atoms with van der Waals surface area (Å²) in [6.07, 6.45) is 3.51. The molecule has 9 nitrogen and oxygen atoms in total. The number of fused-ring (bicyclic) bond motifs is 3. The molecular formula is C23H19N5O4. The number of amides is 1. The van der Waals surface area contributed by atoms with Crippen LogP contribution in [0.5, 0.6) is 5.75 Å². The third-order valence-corrected chi connectivity index (χ3v) is 5.23. The van der Waals surface area contributed by atoms with Crippen LogP contribution in [0, 0.1) is 0 Å². The molecule has 0 fully saturated rings. The molecule has 0 spiro atoms. The molecule has 1 aliphatic heterocycles. The fourth-order valence-corrected chi connectivity index (χ4v) is 3.70. The SMILES string of the molecule is COC(=O)c1ccc(Nc2nc3c4c(ccc3[nH]2)NC(=O)C4=Cc2[nH]ccc2OC)cc1. The van der Waals surface area contributed by atoms with Crippen LogP contribution in [0.25, 0.3) is 22.7 Å². The Labute approximate surface area is 182 Å². The molecule has 5 rings (SSSR count). The van der Waals surface area contributed by atoms with Crippen molar-refractivity contribution in [1.29, 1.82) is 0 Å². The molecule has 0 saturated carbocycles. The molecular weight excluding hydrogens is 410 g/mol. The lowest BCUT2D eigenvalue weighted by atomic mass is 10.0. The Balaban J connectivity index is 1.52. The lowest BCUT2D eigenvalue weighted by molar-refractivity contribution is -0.110. The lowest BCUT2D eigenvalue weighted by Crippen LogP contribution is -2.03. The van der Waals surface area contributed by atoms with Crippen molar-refractivity contribution in [1.82, 2.24) is 15.0 Å². The summed E-state index contributed by atoms with van der Waals surface area (Å²) in [5.41, 5.74) is 5.24. The van der Waals surface area contributed by atoms with E-state index in [1.54, 1.807) is 49.7 Å². The average Bonchev–Trinajstić information content (AvgIpc) is 3.50. The fraction of sp³-hybridized carbons (Fsp3) is 0.0870. The number of nitrogens with one attached hydrogen (secondary N) is 4. The summed E-state index contributed by atoms with van der Waals surface area (Å²) in [6.45, 7) is 0. The maximum atomic E-state index is 12.7. The quantitative estimate of drug-likeness (QED) is 0.282. The molecule has 0 atom stereocenters. The van der Waals surface area contributed by atoms with Crippen LogP contribution >= 0.6 is 0 Å². The van der Waals surface area contributed by atoms with E-state index in [4.69, 9.17) is 9.47 Å². The number of imidazole rings is 1. The molecule has 2 aromatic heterocycles. The highest BCUT2D eigenvalue weighted by atomic mass is 16.5. The Morgan fingerprint density at radius 3 is 2.66 bits per heavy atom. The van der Waals surface area contributed by atoms with Crippen molar-refractivity contribution in [2.45, 2.75) is 0 Å². The number of aromatic amines is 2. The number of carbonyl (C=O) groups excluding carboxylic acids is 2. The van der Waals surface area contributed by atoms with E-state index in [9.17, 15) is 9.59 Å². The van der Waals surface area contributed by atoms with E-state index in [2.05, 4.69) is 25.6 Å². The van der Waals surface area contributed by atoms with Crippen molar-refractivity contribution in [2.24, 2.45) is 0 Å². The van der Waals surface area contributed by atoms with Crippen LogP contribution in [0.2, 0.25) is 0 Å². The van der Waals surface area contributed by atoms with Crippen LogP contribution in [0.1, 0.15) is 21.6 Å². The molecule has 3 heterocycles. The third-order valence-electron chi connectivity index (χ3n) is 5.23. The lowest BCUT2D eigenvalue weighted by Gasteiger charge is -2.04. The minimum absolute atomic E-state index is 0.208. The van der Waals surface area contributed by atoms with E-state index in [1.807, 2.05) is 12.1 Å². The van der Waals surface area contributed by atoms with Gasteiger partial charge in [0.05, 0.1) is 42.3 Å². The highest BCUT2D eigenvalue weighted by molar-refractivity contribution is 6.37. The Kier molecular flexibility index (Phi) is 4.63. The molecule has 4 aromatic rings. The van der Waals surface area contributed by atoms with Gasteiger partial charge in [0.2, 0.25) is 5.95 Å². The standard InChI is InChI=1S/C23H19N5O4/c1-31-18-9-10-24-17(18)11-14-19-15(26-21(14)29)7-8-16-20(19)28-23(27-16)25-13-5-3-12(4-6-13)22(30)32-2/h3-11,24H,1-2H3,(H,26,29)(H2,25,27,28). The van der Waals surface area contributed by atoms with Crippen molar-refractivity contribution in [3.05, 3.63) is 65.5 Å². The summed E-state index contributed by atoms with van der Waals surface area (Å²) in [5.74, 6) is 0.548. The van der Waals surface area contributed by atoms with Gasteiger partial charge < -0.3 is 30.1 Å². The average molecular weight is 429 g/mol. The largest absolute Gasteiger partial charge is 0.495 e. The van der Waals surface area contributed by atoms with Crippen molar-refractivity contribution in [3.63, 3.8) is 0 Å². The number of H-pyrrole nitrogens is 2. The minimum atomic E-state index is -0.397. The second kappa shape index (κ2) is 7.62. The van der Waals surface area contributed by atoms with Crippen molar-refractivity contribution < 1.29 is 19.1 Å². The van der Waals surface area contributed by atoms with Gasteiger partial charge in [-0.2, -0.15) is 0 Å². The molecule has 0 saturated heterocycles. The van der Waals surface area contributed by atoms with Gasteiger partial charge >= 0.3 is 5.97 Å². The number of nitrogens with zero attached hydrogens (tertiary/aromatic N) is 1. The fourth-order valence-electron chi connectivity index (χ4n) is 3.70. The number of aromatic nitrogens is 3. The summed E-state index contributed by atoms with van der Waals surface area (Å²) in [7, 11) is 2.92. The van der Waals surface area contributed by atoms with Gasteiger partial charge in [0.1, 0.15) is 11.3 Å². The Morgan fingerprint density at radius 1 is 1.09 bits per heavy atom. The zero-order valence-electron chi connectivity index (χ0n) is 17.3. The molecule has 160 valence electrons. The summed E-state index contributed by atoms with van der Waals surface area (Å²) in [5, 5.41) is 6.08. The van der Waals surface area contributed by atoms with Crippen LogP contribution in [-0.4, -0.2) is 41.0 Å². The van der Waals surface area contributed by atoms with Crippen LogP contribution in [-0.2, 0) is 9.53 Å². The Hall–Kier alpha value is -4.53. The normalized spacial score (nSPS) is 13.8. The number of hydrogen-bond acceptors (Lipinski definition) is 6. The number of carbonyl (C=O) groups is 2. The van der Waals surface area contributed by atoms with Crippen LogP contribution in [0.15, 0.2) is 48.7 Å². The number of esters is 1. The van der Waals surface area contributed by atoms with Crippen LogP contribution in [0.4, 0.5) is 17.3 Å². The topological polar surface area (TPSA) is 121 Å². The summed E-state index contributed by atoms with van der Waals surface area (Å²) in [4.78, 5) is 35.3. The Morgan fingerprint density at radius 2 is 1.91 bits per heavy atom. The number of rotatable bonds is 5. The first kappa shape index (κ1) is 19.4. The van der Waals surface area contributed by atoms with Gasteiger partial charge in [-0.25, -0.2) is 9.78 Å². The number of benzene rings is 2. The summed E-state index contributed by atoms with van der Waals surface area (Å²) in [6, 6.07) is 12.4. The second-order valence-electron chi connectivity index (χ2n) is 7.14. The first-order valence-electron chi connectivity index (χ1n) is 9.80. The molecule has 0 unspecified atom stereocenters. The van der Waals surface area contributed by atoms with Gasteiger partial charge in [-0.15, -0.1) is 0 Å². The van der Waals surface area contributed by atoms with Gasteiger partial charge in [-0.3, -0.25) is 4.79 Å². The molecule has 0 aliphatic carbocycles. The summed E-state index contributed by atoms with van der Waals surface area (Å²) >= 11 is 0. The number of methoxy groups -OCH3 is 2. The number of ether oxygens (including phenoxy) is 2. The maximum Gasteiger partial charge on any atom is 0.337 e. The van der Waals surface area contributed by atoms with Gasteiger partial charge in [-0.1, -0.05) is 0 Å². The molecule has 9 heteroatoms. The zero-order chi connectivity index (χ0) is 22.2. The second-order valence-corrected chi connectivity index (χ2v) is 7.14.